The van der Waals surface area contributed by atoms with Gasteiger partial charge in [0, 0.05) is 45.0 Å². The molecule has 0 saturated carbocycles. The lowest BCUT2D eigenvalue weighted by Gasteiger charge is -2.32. The van der Waals surface area contributed by atoms with Crippen molar-refractivity contribution in [2.24, 2.45) is 4.99 Å². The van der Waals surface area contributed by atoms with Gasteiger partial charge >= 0.3 is 0 Å². The van der Waals surface area contributed by atoms with E-state index in [2.05, 4.69) is 33.3 Å². The minimum absolute atomic E-state index is 0.310. The van der Waals surface area contributed by atoms with Crippen molar-refractivity contribution in [2.45, 2.75) is 24.8 Å². The summed E-state index contributed by atoms with van der Waals surface area (Å²) in [5.74, 6) is 0.791. The van der Waals surface area contributed by atoms with Crippen LogP contribution in [-0.4, -0.2) is 69.9 Å². The molecule has 2 aromatic rings. The minimum Gasteiger partial charge on any atom is -0.356 e. The van der Waals surface area contributed by atoms with Crippen LogP contribution in [0.1, 0.15) is 18.1 Å². The fraction of sp³-hybridized carbons (Fsp3) is 0.435. The summed E-state index contributed by atoms with van der Waals surface area (Å²) < 4.78 is 28.3. The third-order valence-electron chi connectivity index (χ3n) is 5.93. The van der Waals surface area contributed by atoms with Crippen LogP contribution in [0, 0.1) is 0 Å². The molecule has 8 heteroatoms. The highest BCUT2D eigenvalue weighted by molar-refractivity contribution is 7.89. The van der Waals surface area contributed by atoms with Crippen LogP contribution in [0.25, 0.3) is 0 Å². The number of likely N-dealkylation sites (N-methyl/N-ethyl adjacent to an activating group) is 1. The summed E-state index contributed by atoms with van der Waals surface area (Å²) in [6, 6.07) is 15.6. The number of rotatable bonds is 5. The van der Waals surface area contributed by atoms with Gasteiger partial charge in [0.2, 0.25) is 10.0 Å². The number of fused-ring (bicyclic) bond motifs is 1. The Bertz CT molecular complexity index is 1050. The van der Waals surface area contributed by atoms with Gasteiger partial charge in [0.25, 0.3) is 0 Å². The Labute approximate surface area is 185 Å². The van der Waals surface area contributed by atoms with E-state index in [4.69, 9.17) is 4.99 Å². The number of anilines is 1. The van der Waals surface area contributed by atoms with E-state index in [-0.39, 0.29) is 0 Å². The highest BCUT2D eigenvalue weighted by atomic mass is 32.2. The number of benzene rings is 2. The first-order chi connectivity index (χ1) is 15.0. The third kappa shape index (κ3) is 4.61. The summed E-state index contributed by atoms with van der Waals surface area (Å²) in [6.45, 7) is 6.50. The molecule has 0 unspecified atom stereocenters. The largest absolute Gasteiger partial charge is 0.356 e. The average Bonchev–Trinajstić information content (AvgIpc) is 3.21. The Kier molecular flexibility index (Phi) is 6.60. The first kappa shape index (κ1) is 21.8. The van der Waals surface area contributed by atoms with E-state index in [9.17, 15) is 8.42 Å². The zero-order valence-corrected chi connectivity index (χ0v) is 19.1. The van der Waals surface area contributed by atoms with Gasteiger partial charge < -0.3 is 15.1 Å². The normalized spacial score (nSPS) is 18.3. The number of sulfonamides is 1. The van der Waals surface area contributed by atoms with Gasteiger partial charge in [-0.15, -0.1) is 0 Å². The molecule has 2 aromatic carbocycles. The van der Waals surface area contributed by atoms with Crippen molar-refractivity contribution < 1.29 is 8.42 Å². The standard InChI is InChI=1S/C23H31N5O2S/c1-3-24-23(28-13-12-19-8-4-6-10-21(19)28)25-18-20-9-5-7-11-22(20)31(29,30)27-16-14-26(2)15-17-27/h4-11H,3,12-18H2,1-2H3,(H,24,25). The second kappa shape index (κ2) is 9.38. The number of nitrogens with zero attached hydrogens (tertiary/aromatic N) is 4. The maximum absolute atomic E-state index is 13.3. The summed E-state index contributed by atoms with van der Waals surface area (Å²) in [7, 11) is -1.52. The number of para-hydroxylation sites is 1. The molecule has 0 aliphatic carbocycles. The maximum Gasteiger partial charge on any atom is 0.243 e. The van der Waals surface area contributed by atoms with Crippen molar-refractivity contribution in [3.05, 3.63) is 59.7 Å². The Morgan fingerprint density at radius 2 is 1.71 bits per heavy atom. The van der Waals surface area contributed by atoms with E-state index < -0.39 is 10.0 Å². The lowest BCUT2D eigenvalue weighted by molar-refractivity contribution is 0.222. The molecule has 2 aliphatic heterocycles. The second-order valence-electron chi connectivity index (χ2n) is 8.02. The second-order valence-corrected chi connectivity index (χ2v) is 9.92. The monoisotopic (exact) mass is 441 g/mol. The first-order valence-electron chi connectivity index (χ1n) is 10.9. The summed E-state index contributed by atoms with van der Waals surface area (Å²) in [4.78, 5) is 9.54. The molecule has 166 valence electrons. The number of hydrogen-bond acceptors (Lipinski definition) is 4. The SMILES string of the molecule is CCNC(=NCc1ccccc1S(=O)(=O)N1CCN(C)CC1)N1CCc2ccccc21. The molecule has 2 aliphatic rings. The van der Waals surface area contributed by atoms with Crippen LogP contribution in [0.15, 0.2) is 58.4 Å². The lowest BCUT2D eigenvalue weighted by atomic mass is 10.2. The van der Waals surface area contributed by atoms with Gasteiger partial charge in [0.15, 0.2) is 5.96 Å². The van der Waals surface area contributed by atoms with Crippen LogP contribution >= 0.6 is 0 Å². The van der Waals surface area contributed by atoms with Gasteiger partial charge in [0.1, 0.15) is 0 Å². The van der Waals surface area contributed by atoms with Crippen molar-refractivity contribution in [2.75, 3.05) is 51.2 Å². The van der Waals surface area contributed by atoms with Crippen molar-refractivity contribution in [1.82, 2.24) is 14.5 Å². The van der Waals surface area contributed by atoms with Crippen molar-refractivity contribution in [1.29, 1.82) is 0 Å². The summed E-state index contributed by atoms with van der Waals surface area (Å²) in [5.41, 5.74) is 3.20. The Hall–Kier alpha value is -2.42. The molecule has 0 amide bonds. The van der Waals surface area contributed by atoms with E-state index >= 15 is 0 Å². The predicted octanol–water partition coefficient (Wildman–Crippen LogP) is 2.15. The Balaban J connectivity index is 1.60. The third-order valence-corrected chi connectivity index (χ3v) is 7.93. The van der Waals surface area contributed by atoms with E-state index in [1.165, 1.54) is 11.3 Å². The van der Waals surface area contributed by atoms with Crippen molar-refractivity contribution in [3.63, 3.8) is 0 Å². The smallest absolute Gasteiger partial charge is 0.243 e. The van der Waals surface area contributed by atoms with Crippen LogP contribution in [0.4, 0.5) is 5.69 Å². The molecule has 0 atom stereocenters. The van der Waals surface area contributed by atoms with Gasteiger partial charge in [0.05, 0.1) is 11.4 Å². The molecule has 1 fully saturated rings. The first-order valence-corrected chi connectivity index (χ1v) is 12.3. The molecule has 4 rings (SSSR count). The molecular formula is C23H31N5O2S. The van der Waals surface area contributed by atoms with Gasteiger partial charge in [-0.25, -0.2) is 13.4 Å². The minimum atomic E-state index is -3.54. The molecule has 0 aromatic heterocycles. The van der Waals surface area contributed by atoms with Crippen molar-refractivity contribution in [3.8, 4) is 0 Å². The number of guanidine groups is 1. The molecule has 7 nitrogen and oxygen atoms in total. The van der Waals surface area contributed by atoms with Crippen LogP contribution in [0.5, 0.6) is 0 Å². The fourth-order valence-corrected chi connectivity index (χ4v) is 5.80. The van der Waals surface area contributed by atoms with E-state index in [0.29, 0.717) is 24.5 Å². The highest BCUT2D eigenvalue weighted by Crippen LogP contribution is 2.28. The van der Waals surface area contributed by atoms with E-state index in [1.54, 1.807) is 16.4 Å². The molecule has 1 saturated heterocycles. The maximum atomic E-state index is 13.3. The predicted molar refractivity (Wildman–Crippen MR) is 125 cm³/mol. The average molecular weight is 442 g/mol. The Morgan fingerprint density at radius 1 is 1.00 bits per heavy atom. The zero-order valence-electron chi connectivity index (χ0n) is 18.3. The van der Waals surface area contributed by atoms with E-state index in [0.717, 1.165) is 44.1 Å². The summed E-state index contributed by atoms with van der Waals surface area (Å²) in [5, 5.41) is 3.37. The van der Waals surface area contributed by atoms with Crippen molar-refractivity contribution >= 4 is 21.7 Å². The topological polar surface area (TPSA) is 68.2 Å². The molecule has 31 heavy (non-hydrogen) atoms. The molecule has 2 heterocycles. The zero-order chi connectivity index (χ0) is 21.8. The molecule has 0 radical (unpaired) electrons. The van der Waals surface area contributed by atoms with Gasteiger partial charge in [-0.2, -0.15) is 4.31 Å². The van der Waals surface area contributed by atoms with Crippen LogP contribution in [0.2, 0.25) is 0 Å². The van der Waals surface area contributed by atoms with Gasteiger partial charge in [-0.05, 0) is 43.7 Å². The number of piperazine rings is 1. The van der Waals surface area contributed by atoms with Crippen LogP contribution < -0.4 is 10.2 Å². The lowest BCUT2D eigenvalue weighted by Crippen LogP contribution is -2.47. The number of hydrogen-bond donors (Lipinski definition) is 1. The Morgan fingerprint density at radius 3 is 2.48 bits per heavy atom. The quantitative estimate of drug-likeness (QED) is 0.569. The fourth-order valence-electron chi connectivity index (χ4n) is 4.17. The van der Waals surface area contributed by atoms with E-state index in [1.807, 2.05) is 32.2 Å². The highest BCUT2D eigenvalue weighted by Gasteiger charge is 2.29. The molecule has 1 N–H and O–H groups in total. The van der Waals surface area contributed by atoms with Crippen LogP contribution in [-0.2, 0) is 23.0 Å². The van der Waals surface area contributed by atoms with Gasteiger partial charge in [-0.3, -0.25) is 0 Å². The summed E-state index contributed by atoms with van der Waals surface area (Å²) in [6.07, 6.45) is 0.981. The number of nitrogens with one attached hydrogen (secondary N) is 1. The summed E-state index contributed by atoms with van der Waals surface area (Å²) >= 11 is 0. The van der Waals surface area contributed by atoms with Gasteiger partial charge in [-0.1, -0.05) is 36.4 Å². The van der Waals surface area contributed by atoms with Crippen LogP contribution in [0.3, 0.4) is 0 Å². The molecule has 0 bridgehead atoms. The molecular weight excluding hydrogens is 410 g/mol. The molecule has 0 spiro atoms. The number of aliphatic imine (C=N–C) groups is 1.